The molecule has 0 aliphatic carbocycles. The van der Waals surface area contributed by atoms with Crippen LogP contribution >= 0.6 is 11.8 Å². The summed E-state index contributed by atoms with van der Waals surface area (Å²) in [6, 6.07) is 23.1. The molecule has 1 amide bonds. The normalized spacial score (nSPS) is 17.5. The van der Waals surface area contributed by atoms with Crippen molar-refractivity contribution in [1.82, 2.24) is 4.90 Å². The van der Waals surface area contributed by atoms with Crippen LogP contribution in [-0.2, 0) is 10.5 Å². The number of amides is 1. The van der Waals surface area contributed by atoms with Gasteiger partial charge in [-0.25, -0.2) is 19.3 Å². The smallest absolute Gasteiger partial charge is 0.263 e. The number of rotatable bonds is 3. The number of aliphatic imine (C=N–C) groups is 2. The highest BCUT2D eigenvalue weighted by Crippen LogP contribution is 2.38. The average molecular weight is 401 g/mol. The molecule has 29 heavy (non-hydrogen) atoms. The minimum atomic E-state index is -0.586. The van der Waals surface area contributed by atoms with Crippen molar-refractivity contribution in [3.63, 3.8) is 0 Å². The topological polar surface area (TPSA) is 45.0 Å². The molecule has 2 heterocycles. The Morgan fingerprint density at radius 3 is 2.59 bits per heavy atom. The molecule has 0 unspecified atom stereocenters. The lowest BCUT2D eigenvalue weighted by Crippen LogP contribution is -2.39. The third-order valence-corrected chi connectivity index (χ3v) is 5.85. The van der Waals surface area contributed by atoms with E-state index in [-0.39, 0.29) is 11.7 Å². The second kappa shape index (κ2) is 7.29. The summed E-state index contributed by atoms with van der Waals surface area (Å²) in [6.07, 6.45) is 0. The Hall–Kier alpha value is -3.25. The van der Waals surface area contributed by atoms with Gasteiger partial charge in [-0.15, -0.1) is 0 Å². The van der Waals surface area contributed by atoms with E-state index in [1.165, 1.54) is 23.9 Å². The molecule has 3 aromatic rings. The van der Waals surface area contributed by atoms with Crippen LogP contribution < -0.4 is 0 Å². The SMILES string of the molecule is O=C1[C@@H](c2ccccc2)N=C2c3ccccc3N=C(SCc3cccc(F)c3)N12. The maximum absolute atomic E-state index is 13.5. The summed E-state index contributed by atoms with van der Waals surface area (Å²) >= 11 is 1.41. The van der Waals surface area contributed by atoms with Crippen LogP contribution in [0.5, 0.6) is 0 Å². The molecule has 0 aromatic heterocycles. The van der Waals surface area contributed by atoms with E-state index in [0.717, 1.165) is 22.4 Å². The van der Waals surface area contributed by atoms with Crippen LogP contribution in [0.3, 0.4) is 0 Å². The zero-order chi connectivity index (χ0) is 19.8. The van der Waals surface area contributed by atoms with E-state index in [0.29, 0.717) is 16.8 Å². The number of hydrogen-bond acceptors (Lipinski definition) is 4. The first-order valence-corrected chi connectivity index (χ1v) is 10.2. The molecule has 2 aliphatic heterocycles. The van der Waals surface area contributed by atoms with Crippen molar-refractivity contribution in [2.75, 3.05) is 0 Å². The summed E-state index contributed by atoms with van der Waals surface area (Å²) in [6.45, 7) is 0. The number of carbonyl (C=O) groups is 1. The first kappa shape index (κ1) is 17.8. The number of nitrogens with zero attached hydrogens (tertiary/aromatic N) is 3. The van der Waals surface area contributed by atoms with Crippen molar-refractivity contribution in [2.45, 2.75) is 11.8 Å². The van der Waals surface area contributed by atoms with Crippen molar-refractivity contribution in [3.05, 3.63) is 101 Å². The number of amidine groups is 2. The molecule has 0 fully saturated rings. The minimum absolute atomic E-state index is 0.119. The third kappa shape index (κ3) is 3.25. The standard InChI is InChI=1S/C23H16FN3OS/c24-17-10-6-7-15(13-17)14-29-23-25-19-12-5-4-11-18(19)21-26-20(22(28)27(21)23)16-8-2-1-3-9-16/h1-13,20H,14H2/t20-/m1/s1. The molecule has 0 bridgehead atoms. The van der Waals surface area contributed by atoms with Crippen LogP contribution in [0.1, 0.15) is 22.7 Å². The Labute approximate surface area is 171 Å². The molecule has 0 radical (unpaired) electrons. The number of para-hydroxylation sites is 1. The summed E-state index contributed by atoms with van der Waals surface area (Å²) in [5.74, 6) is 0.733. The fraction of sp³-hybridized carbons (Fsp3) is 0.0870. The Bertz CT molecular complexity index is 1160. The number of benzene rings is 3. The summed E-state index contributed by atoms with van der Waals surface area (Å²) in [4.78, 5) is 24.4. The van der Waals surface area contributed by atoms with Gasteiger partial charge in [0.1, 0.15) is 11.7 Å². The predicted molar refractivity (Wildman–Crippen MR) is 114 cm³/mol. The zero-order valence-corrected chi connectivity index (χ0v) is 16.1. The summed E-state index contributed by atoms with van der Waals surface area (Å²) in [5.41, 5.74) is 3.31. The largest absolute Gasteiger partial charge is 0.271 e. The molecule has 2 aliphatic rings. The van der Waals surface area contributed by atoms with Crippen LogP contribution in [-0.4, -0.2) is 21.8 Å². The quantitative estimate of drug-likeness (QED) is 0.614. The Morgan fingerprint density at radius 1 is 0.966 bits per heavy atom. The van der Waals surface area contributed by atoms with E-state index < -0.39 is 6.04 Å². The fourth-order valence-corrected chi connectivity index (χ4v) is 4.42. The number of fused-ring (bicyclic) bond motifs is 3. The third-order valence-electron chi connectivity index (χ3n) is 4.84. The van der Waals surface area contributed by atoms with Crippen LogP contribution in [0.15, 0.2) is 88.8 Å². The Kier molecular flexibility index (Phi) is 4.48. The molecule has 6 heteroatoms. The molecule has 1 atom stereocenters. The van der Waals surface area contributed by atoms with Crippen LogP contribution in [0.2, 0.25) is 0 Å². The number of carbonyl (C=O) groups excluding carboxylic acids is 1. The second-order valence-corrected chi connectivity index (χ2v) is 7.71. The molecule has 0 spiro atoms. The van der Waals surface area contributed by atoms with Crippen molar-refractivity contribution in [1.29, 1.82) is 0 Å². The van der Waals surface area contributed by atoms with Gasteiger partial charge in [0.05, 0.1) is 5.69 Å². The van der Waals surface area contributed by atoms with Crippen LogP contribution in [0.4, 0.5) is 10.1 Å². The van der Waals surface area contributed by atoms with E-state index >= 15 is 0 Å². The molecule has 0 saturated carbocycles. The van der Waals surface area contributed by atoms with Crippen molar-refractivity contribution in [2.24, 2.45) is 9.98 Å². The van der Waals surface area contributed by atoms with E-state index in [1.807, 2.05) is 60.7 Å². The van der Waals surface area contributed by atoms with Gasteiger partial charge >= 0.3 is 0 Å². The predicted octanol–water partition coefficient (Wildman–Crippen LogP) is 5.09. The summed E-state index contributed by atoms with van der Waals surface area (Å²) < 4.78 is 13.5. The van der Waals surface area contributed by atoms with Crippen LogP contribution in [0.25, 0.3) is 0 Å². The average Bonchev–Trinajstić information content (AvgIpc) is 3.10. The Morgan fingerprint density at radius 2 is 1.76 bits per heavy atom. The van der Waals surface area contributed by atoms with Crippen molar-refractivity contribution >= 4 is 34.4 Å². The molecule has 0 saturated heterocycles. The van der Waals surface area contributed by atoms with E-state index in [9.17, 15) is 9.18 Å². The van der Waals surface area contributed by atoms with Gasteiger partial charge in [0, 0.05) is 11.3 Å². The highest BCUT2D eigenvalue weighted by molar-refractivity contribution is 8.13. The molecular formula is C23H16FN3OS. The highest BCUT2D eigenvalue weighted by Gasteiger charge is 2.41. The number of halogens is 1. The molecule has 3 aromatic carbocycles. The van der Waals surface area contributed by atoms with Crippen molar-refractivity contribution < 1.29 is 9.18 Å². The van der Waals surface area contributed by atoms with E-state index in [1.54, 1.807) is 11.0 Å². The van der Waals surface area contributed by atoms with Crippen molar-refractivity contribution in [3.8, 4) is 0 Å². The first-order valence-electron chi connectivity index (χ1n) is 9.23. The van der Waals surface area contributed by atoms with Gasteiger partial charge in [0.25, 0.3) is 5.91 Å². The second-order valence-electron chi connectivity index (χ2n) is 6.77. The van der Waals surface area contributed by atoms with E-state index in [2.05, 4.69) is 0 Å². The molecule has 5 rings (SSSR count). The zero-order valence-electron chi connectivity index (χ0n) is 15.3. The van der Waals surface area contributed by atoms with Gasteiger partial charge in [0.2, 0.25) is 0 Å². The van der Waals surface area contributed by atoms with Gasteiger partial charge in [0.15, 0.2) is 11.2 Å². The van der Waals surface area contributed by atoms with Gasteiger partial charge in [-0.3, -0.25) is 4.79 Å². The molecular weight excluding hydrogens is 385 g/mol. The monoisotopic (exact) mass is 401 g/mol. The van der Waals surface area contributed by atoms with Gasteiger partial charge < -0.3 is 0 Å². The fourth-order valence-electron chi connectivity index (χ4n) is 3.47. The number of hydrogen-bond donors (Lipinski definition) is 0. The minimum Gasteiger partial charge on any atom is -0.271 e. The molecule has 4 nitrogen and oxygen atoms in total. The summed E-state index contributed by atoms with van der Waals surface area (Å²) in [5, 5.41) is 0.565. The van der Waals surface area contributed by atoms with Gasteiger partial charge in [-0.1, -0.05) is 66.4 Å². The lowest BCUT2D eigenvalue weighted by Gasteiger charge is -2.25. The molecule has 0 N–H and O–H groups in total. The van der Waals surface area contributed by atoms with E-state index in [4.69, 9.17) is 9.98 Å². The first-order chi connectivity index (χ1) is 14.2. The van der Waals surface area contributed by atoms with Gasteiger partial charge in [-0.05, 0) is 35.4 Å². The Balaban J connectivity index is 1.52. The highest BCUT2D eigenvalue weighted by atomic mass is 32.2. The lowest BCUT2D eigenvalue weighted by atomic mass is 10.1. The maximum atomic E-state index is 13.5. The number of thioether (sulfide) groups is 1. The molecule has 142 valence electrons. The van der Waals surface area contributed by atoms with Gasteiger partial charge in [-0.2, -0.15) is 0 Å². The maximum Gasteiger partial charge on any atom is 0.263 e. The van der Waals surface area contributed by atoms with Crippen LogP contribution in [0, 0.1) is 5.82 Å². The lowest BCUT2D eigenvalue weighted by molar-refractivity contribution is -0.124. The summed E-state index contributed by atoms with van der Waals surface area (Å²) in [7, 11) is 0.